The number of hydrogen-bond donors (Lipinski definition) is 3. The number of esters is 4. The van der Waals surface area contributed by atoms with Gasteiger partial charge in [0.15, 0.2) is 12.2 Å². The molecule has 0 heterocycles. The fourth-order valence-corrected chi connectivity index (χ4v) is 14.3. The SMILES string of the molecule is CCCCCCCCCCCCCCCCCCCCCCCCC(=O)O[C@H](COC(=O)CCCCCCCCCCCCCCCCCCC)COP(=O)(O)OC[C@@H](O)COP(=O)(O)OC[C@@H](COC(=O)CCCCCCCCC)OC(=O)CCCCCCCCCCCCCCC(C)C. The molecular formula is C82H160O17P2. The molecule has 0 saturated heterocycles. The number of phosphoric ester groups is 2. The molecule has 0 saturated carbocycles. The molecule has 0 aliphatic rings. The molecule has 5 atom stereocenters. The second kappa shape index (κ2) is 74.9. The number of carbonyl (C=O) groups excluding carboxylic acids is 4. The predicted octanol–water partition coefficient (Wildman–Crippen LogP) is 24.8. The number of rotatable bonds is 82. The molecule has 0 amide bonds. The van der Waals surface area contributed by atoms with Crippen LogP contribution in [0.5, 0.6) is 0 Å². The normalized spacial score (nSPS) is 13.8. The number of unbranched alkanes of at least 4 members (excludes halogenated alkanes) is 54. The molecule has 0 rings (SSSR count). The summed E-state index contributed by atoms with van der Waals surface area (Å²) in [5.41, 5.74) is 0. The topological polar surface area (TPSA) is 237 Å². The lowest BCUT2D eigenvalue weighted by Crippen LogP contribution is -2.30. The van der Waals surface area contributed by atoms with E-state index in [0.717, 1.165) is 109 Å². The molecule has 0 fully saturated rings. The van der Waals surface area contributed by atoms with Crippen molar-refractivity contribution in [2.24, 2.45) is 5.92 Å². The van der Waals surface area contributed by atoms with Crippen molar-refractivity contribution in [2.45, 2.75) is 457 Å². The van der Waals surface area contributed by atoms with Crippen LogP contribution < -0.4 is 0 Å². The average Bonchev–Trinajstić information content (AvgIpc) is 0.920. The third-order valence-corrected chi connectivity index (χ3v) is 21.2. The fourth-order valence-electron chi connectivity index (χ4n) is 12.8. The zero-order valence-corrected chi connectivity index (χ0v) is 67.8. The summed E-state index contributed by atoms with van der Waals surface area (Å²) in [6, 6.07) is 0. The molecule has 0 spiro atoms. The minimum atomic E-state index is -4.96. The van der Waals surface area contributed by atoms with Crippen molar-refractivity contribution >= 4 is 39.5 Å². The van der Waals surface area contributed by atoms with Gasteiger partial charge in [0.25, 0.3) is 0 Å². The second-order valence-electron chi connectivity index (χ2n) is 30.0. The van der Waals surface area contributed by atoms with Gasteiger partial charge in [-0.05, 0) is 31.6 Å². The van der Waals surface area contributed by atoms with Gasteiger partial charge in [0.05, 0.1) is 26.4 Å². The van der Waals surface area contributed by atoms with E-state index in [1.54, 1.807) is 0 Å². The molecule has 0 aromatic carbocycles. The summed E-state index contributed by atoms with van der Waals surface area (Å²) in [4.78, 5) is 72.9. The molecular weight excluding hydrogens is 1320 g/mol. The molecule has 0 bridgehead atoms. The molecule has 3 N–H and O–H groups in total. The number of aliphatic hydroxyl groups is 1. The van der Waals surface area contributed by atoms with Crippen molar-refractivity contribution in [3.05, 3.63) is 0 Å². The first kappa shape index (κ1) is 99.1. The maximum atomic E-state index is 13.1. The van der Waals surface area contributed by atoms with E-state index in [-0.39, 0.29) is 25.7 Å². The van der Waals surface area contributed by atoms with Crippen molar-refractivity contribution in [1.82, 2.24) is 0 Å². The van der Waals surface area contributed by atoms with Crippen LogP contribution in [-0.2, 0) is 65.4 Å². The third-order valence-electron chi connectivity index (χ3n) is 19.3. The highest BCUT2D eigenvalue weighted by Crippen LogP contribution is 2.45. The molecule has 0 aromatic heterocycles. The van der Waals surface area contributed by atoms with E-state index < -0.39 is 97.5 Å². The zero-order valence-electron chi connectivity index (χ0n) is 66.1. The van der Waals surface area contributed by atoms with Crippen LogP contribution in [0.3, 0.4) is 0 Å². The largest absolute Gasteiger partial charge is 0.472 e. The van der Waals surface area contributed by atoms with Gasteiger partial charge in [-0.15, -0.1) is 0 Å². The standard InChI is InChI=1S/C82H160O17P2/c1-6-9-12-15-18-20-22-24-26-28-29-30-31-32-34-36-38-43-47-52-57-62-67-82(87)99-78(72-93-80(85)66-61-56-51-46-42-37-35-33-27-25-23-21-19-16-13-10-7-2)74-97-101(90,91)95-70-76(83)69-94-100(88,89)96-73-77(71-92-79(84)65-60-55-49-17-14-11-8-3)98-81(86)68-63-58-53-48-44-40-39-41-45-50-54-59-64-75(4)5/h75-78,83H,6-74H2,1-5H3,(H,88,89)(H,90,91)/t76-,77+,78+/m0/s1. The summed E-state index contributed by atoms with van der Waals surface area (Å²) in [6.45, 7) is 7.30. The summed E-state index contributed by atoms with van der Waals surface area (Å²) in [7, 11) is -9.91. The summed E-state index contributed by atoms with van der Waals surface area (Å²) in [5.74, 6) is -1.33. The number of ether oxygens (including phenoxy) is 4. The van der Waals surface area contributed by atoms with Crippen LogP contribution in [0.15, 0.2) is 0 Å². The van der Waals surface area contributed by atoms with Crippen LogP contribution >= 0.6 is 15.6 Å². The van der Waals surface area contributed by atoms with Gasteiger partial charge in [0.2, 0.25) is 0 Å². The first-order valence-corrected chi connectivity index (χ1v) is 45.6. The molecule has 0 radical (unpaired) electrons. The van der Waals surface area contributed by atoms with Gasteiger partial charge in [-0.3, -0.25) is 37.3 Å². The Kier molecular flexibility index (Phi) is 73.5. The van der Waals surface area contributed by atoms with E-state index in [4.69, 9.17) is 37.0 Å². The molecule has 17 nitrogen and oxygen atoms in total. The average molecular weight is 1480 g/mol. The van der Waals surface area contributed by atoms with Crippen molar-refractivity contribution < 1.29 is 80.2 Å². The Balaban J connectivity index is 5.16. The number of hydrogen-bond acceptors (Lipinski definition) is 15. The van der Waals surface area contributed by atoms with E-state index in [0.29, 0.717) is 25.7 Å². The maximum Gasteiger partial charge on any atom is 0.472 e. The minimum Gasteiger partial charge on any atom is -0.462 e. The monoisotopic (exact) mass is 1480 g/mol. The Morgan fingerprint density at radius 1 is 0.267 bits per heavy atom. The Morgan fingerprint density at radius 3 is 0.673 bits per heavy atom. The summed E-state index contributed by atoms with van der Waals surface area (Å²) in [6.07, 6.45) is 66.9. The number of carbonyl (C=O) groups is 4. The van der Waals surface area contributed by atoms with Gasteiger partial charge < -0.3 is 33.8 Å². The van der Waals surface area contributed by atoms with Crippen LogP contribution in [-0.4, -0.2) is 96.7 Å². The van der Waals surface area contributed by atoms with Gasteiger partial charge in [-0.2, -0.15) is 0 Å². The van der Waals surface area contributed by atoms with E-state index in [1.165, 1.54) is 250 Å². The van der Waals surface area contributed by atoms with E-state index >= 15 is 0 Å². The third kappa shape index (κ3) is 76.1. The second-order valence-corrected chi connectivity index (χ2v) is 32.9. The summed E-state index contributed by atoms with van der Waals surface area (Å²) < 4.78 is 68.6. The molecule has 19 heteroatoms. The van der Waals surface area contributed by atoms with Crippen molar-refractivity contribution in [2.75, 3.05) is 39.6 Å². The Bertz CT molecular complexity index is 1930. The molecule has 0 aliphatic carbocycles. The smallest absolute Gasteiger partial charge is 0.462 e. The maximum absolute atomic E-state index is 13.1. The first-order valence-electron chi connectivity index (χ1n) is 42.6. The van der Waals surface area contributed by atoms with Crippen LogP contribution in [0.25, 0.3) is 0 Å². The first-order chi connectivity index (χ1) is 49.0. The minimum absolute atomic E-state index is 0.107. The Labute approximate surface area is 619 Å². The van der Waals surface area contributed by atoms with Gasteiger partial charge in [0.1, 0.15) is 19.3 Å². The molecule has 101 heavy (non-hydrogen) atoms. The van der Waals surface area contributed by atoms with Gasteiger partial charge in [-0.25, -0.2) is 9.13 Å². The number of aliphatic hydroxyl groups excluding tert-OH is 1. The van der Waals surface area contributed by atoms with Gasteiger partial charge in [-0.1, -0.05) is 388 Å². The van der Waals surface area contributed by atoms with Gasteiger partial charge in [0, 0.05) is 25.7 Å². The predicted molar refractivity (Wildman–Crippen MR) is 414 cm³/mol. The van der Waals surface area contributed by atoms with Crippen molar-refractivity contribution in [3.63, 3.8) is 0 Å². The Hall–Kier alpha value is -1.94. The lowest BCUT2D eigenvalue weighted by molar-refractivity contribution is -0.161. The van der Waals surface area contributed by atoms with Gasteiger partial charge >= 0.3 is 39.5 Å². The van der Waals surface area contributed by atoms with Crippen LogP contribution in [0.1, 0.15) is 439 Å². The lowest BCUT2D eigenvalue weighted by atomic mass is 10.0. The zero-order chi connectivity index (χ0) is 74.1. The number of phosphoric acid groups is 2. The molecule has 0 aliphatic heterocycles. The van der Waals surface area contributed by atoms with Crippen LogP contribution in [0.4, 0.5) is 0 Å². The highest BCUT2D eigenvalue weighted by Gasteiger charge is 2.30. The molecule has 2 unspecified atom stereocenters. The van der Waals surface area contributed by atoms with Crippen LogP contribution in [0.2, 0.25) is 0 Å². The quantitative estimate of drug-likeness (QED) is 0.0222. The van der Waals surface area contributed by atoms with Crippen molar-refractivity contribution in [1.29, 1.82) is 0 Å². The van der Waals surface area contributed by atoms with E-state index in [2.05, 4.69) is 34.6 Å². The highest BCUT2D eigenvalue weighted by molar-refractivity contribution is 7.47. The summed E-state index contributed by atoms with van der Waals surface area (Å²) in [5, 5.41) is 10.6. The van der Waals surface area contributed by atoms with E-state index in [1.807, 2.05) is 0 Å². The molecule has 0 aromatic rings. The highest BCUT2D eigenvalue weighted by atomic mass is 31.2. The van der Waals surface area contributed by atoms with Crippen LogP contribution in [0, 0.1) is 5.92 Å². The van der Waals surface area contributed by atoms with E-state index in [9.17, 15) is 43.2 Å². The summed E-state index contributed by atoms with van der Waals surface area (Å²) >= 11 is 0. The lowest BCUT2D eigenvalue weighted by Gasteiger charge is -2.21. The Morgan fingerprint density at radius 2 is 0.455 bits per heavy atom. The molecule has 600 valence electrons. The van der Waals surface area contributed by atoms with Crippen molar-refractivity contribution in [3.8, 4) is 0 Å². The fraction of sp³-hybridized carbons (Fsp3) is 0.951.